The molecule has 0 fully saturated rings. The van der Waals surface area contributed by atoms with Crippen molar-refractivity contribution in [1.29, 1.82) is 0 Å². The van der Waals surface area contributed by atoms with Gasteiger partial charge in [-0.25, -0.2) is 8.42 Å². The van der Waals surface area contributed by atoms with Gasteiger partial charge in [0.1, 0.15) is 0 Å². The van der Waals surface area contributed by atoms with Crippen LogP contribution in [0.25, 0.3) is 0 Å². The Morgan fingerprint density at radius 2 is 1.46 bits per heavy atom. The molecule has 2 aromatic rings. The average molecular weight is 381 g/mol. The van der Waals surface area contributed by atoms with E-state index in [2.05, 4.69) is 0 Å². The summed E-state index contributed by atoms with van der Waals surface area (Å²) in [4.78, 5) is 10.7. The third-order valence-electron chi connectivity index (χ3n) is 3.81. The Labute approximate surface area is 151 Å². The average Bonchev–Trinajstić information content (AvgIpc) is 2.60. The molecule has 0 aliphatic carbocycles. The maximum Gasteiger partial charge on any atom is 0.340 e. The van der Waals surface area contributed by atoms with Gasteiger partial charge in [0.2, 0.25) is 5.75 Å². The predicted molar refractivity (Wildman–Crippen MR) is 94.2 cm³/mol. The number of aryl methyl sites for hydroxylation is 1. The third kappa shape index (κ3) is 3.57. The molecule has 0 heterocycles. The Kier molecular flexibility index (Phi) is 5.71. The highest BCUT2D eigenvalue weighted by atomic mass is 32.2. The van der Waals surface area contributed by atoms with Gasteiger partial charge in [-0.3, -0.25) is 10.1 Å². The van der Waals surface area contributed by atoms with Crippen molar-refractivity contribution in [2.45, 2.75) is 17.2 Å². The molecule has 0 radical (unpaired) electrons. The van der Waals surface area contributed by atoms with E-state index in [9.17, 15) is 18.5 Å². The second-order valence-electron chi connectivity index (χ2n) is 5.45. The highest BCUT2D eigenvalue weighted by Crippen LogP contribution is 2.42. The number of benzene rings is 2. The van der Waals surface area contributed by atoms with Gasteiger partial charge in [0.25, 0.3) is 9.84 Å². The predicted octanol–water partition coefficient (Wildman–Crippen LogP) is 2.77. The van der Waals surface area contributed by atoms with Crippen LogP contribution in [-0.4, -0.2) is 34.7 Å². The van der Waals surface area contributed by atoms with Crippen LogP contribution in [0.5, 0.6) is 17.2 Å². The van der Waals surface area contributed by atoms with Gasteiger partial charge in [0.15, 0.2) is 11.5 Å². The number of nitro groups is 1. The maximum absolute atomic E-state index is 12.9. The van der Waals surface area contributed by atoms with Crippen LogP contribution in [0.15, 0.2) is 41.3 Å². The van der Waals surface area contributed by atoms with Crippen LogP contribution in [0, 0.1) is 17.0 Å². The Hall–Kier alpha value is -2.81. The SMILES string of the molecule is COc1cc(C([N+](=O)[O-])S(=O)(=O)c2ccc(C)cc2)cc(OC)c1OC. The smallest absolute Gasteiger partial charge is 0.340 e. The second kappa shape index (κ2) is 7.61. The Bertz CT molecular complexity index is 882. The lowest BCUT2D eigenvalue weighted by Gasteiger charge is -2.16. The van der Waals surface area contributed by atoms with Gasteiger partial charge in [-0.15, -0.1) is 0 Å². The largest absolute Gasteiger partial charge is 0.493 e. The normalized spacial score (nSPS) is 12.3. The van der Waals surface area contributed by atoms with Gasteiger partial charge in [-0.2, -0.15) is 0 Å². The van der Waals surface area contributed by atoms with E-state index in [0.29, 0.717) is 0 Å². The Morgan fingerprint density at radius 1 is 0.962 bits per heavy atom. The molecule has 0 amide bonds. The first-order chi connectivity index (χ1) is 12.3. The zero-order valence-electron chi connectivity index (χ0n) is 14.8. The molecule has 140 valence electrons. The first kappa shape index (κ1) is 19.5. The monoisotopic (exact) mass is 381 g/mol. The van der Waals surface area contributed by atoms with Gasteiger partial charge in [-0.05, 0) is 31.2 Å². The number of nitrogens with zero attached hydrogens (tertiary/aromatic N) is 1. The van der Waals surface area contributed by atoms with Crippen molar-refractivity contribution in [1.82, 2.24) is 0 Å². The molecule has 0 spiro atoms. The van der Waals surface area contributed by atoms with Crippen LogP contribution in [0.4, 0.5) is 0 Å². The molecule has 1 atom stereocenters. The molecule has 0 saturated carbocycles. The van der Waals surface area contributed by atoms with Crippen LogP contribution in [0.3, 0.4) is 0 Å². The second-order valence-corrected chi connectivity index (χ2v) is 7.46. The summed E-state index contributed by atoms with van der Waals surface area (Å²) in [5.41, 5.74) is 0.750. The van der Waals surface area contributed by atoms with E-state index >= 15 is 0 Å². The van der Waals surface area contributed by atoms with Gasteiger partial charge >= 0.3 is 5.37 Å². The molecule has 0 bridgehead atoms. The van der Waals surface area contributed by atoms with Crippen molar-refractivity contribution >= 4 is 9.84 Å². The molecule has 2 aromatic carbocycles. The van der Waals surface area contributed by atoms with Gasteiger partial charge in [0.05, 0.1) is 26.2 Å². The van der Waals surface area contributed by atoms with Crippen molar-refractivity contribution in [3.63, 3.8) is 0 Å². The van der Waals surface area contributed by atoms with Crippen molar-refractivity contribution < 1.29 is 27.6 Å². The molecular weight excluding hydrogens is 362 g/mol. The third-order valence-corrected chi connectivity index (χ3v) is 5.77. The van der Waals surface area contributed by atoms with Crippen molar-refractivity contribution in [2.75, 3.05) is 21.3 Å². The van der Waals surface area contributed by atoms with E-state index in [1.165, 1.54) is 45.6 Å². The minimum atomic E-state index is -4.29. The quantitative estimate of drug-likeness (QED) is 0.536. The van der Waals surface area contributed by atoms with E-state index in [1.807, 2.05) is 0 Å². The first-order valence-corrected chi connectivity index (χ1v) is 9.04. The summed E-state index contributed by atoms with van der Waals surface area (Å²) in [6, 6.07) is 8.39. The van der Waals surface area contributed by atoms with Gasteiger partial charge in [-0.1, -0.05) is 17.7 Å². The molecule has 2 rings (SSSR count). The number of ether oxygens (including phenoxy) is 3. The van der Waals surface area contributed by atoms with Crippen molar-refractivity contribution in [2.24, 2.45) is 0 Å². The van der Waals surface area contributed by atoms with Gasteiger partial charge in [0, 0.05) is 10.5 Å². The molecular formula is C17H19NO7S. The van der Waals surface area contributed by atoms with Crippen LogP contribution in [-0.2, 0) is 9.84 Å². The number of methoxy groups -OCH3 is 3. The Balaban J connectivity index is 2.68. The number of sulfone groups is 1. The zero-order valence-corrected chi connectivity index (χ0v) is 15.6. The van der Waals surface area contributed by atoms with Crippen molar-refractivity contribution in [3.8, 4) is 17.2 Å². The molecule has 0 aromatic heterocycles. The molecule has 9 heteroatoms. The number of hydrogen-bond donors (Lipinski definition) is 0. The zero-order chi connectivity index (χ0) is 19.5. The lowest BCUT2D eigenvalue weighted by Crippen LogP contribution is -2.22. The molecule has 26 heavy (non-hydrogen) atoms. The fraction of sp³-hybridized carbons (Fsp3) is 0.294. The molecule has 0 aliphatic heterocycles. The highest BCUT2D eigenvalue weighted by molar-refractivity contribution is 7.91. The fourth-order valence-corrected chi connectivity index (χ4v) is 4.01. The first-order valence-electron chi connectivity index (χ1n) is 7.50. The number of hydrogen-bond acceptors (Lipinski definition) is 7. The minimum absolute atomic E-state index is 0.0925. The highest BCUT2D eigenvalue weighted by Gasteiger charge is 2.40. The summed E-state index contributed by atoms with van der Waals surface area (Å²) in [6.07, 6.45) is 0. The van der Waals surface area contributed by atoms with E-state index < -0.39 is 20.1 Å². The summed E-state index contributed by atoms with van der Waals surface area (Å²) < 4.78 is 41.3. The van der Waals surface area contributed by atoms with Crippen LogP contribution in [0.1, 0.15) is 16.5 Å². The van der Waals surface area contributed by atoms with Crippen LogP contribution < -0.4 is 14.2 Å². The molecule has 0 saturated heterocycles. The fourth-order valence-electron chi connectivity index (χ4n) is 2.51. The van der Waals surface area contributed by atoms with E-state index in [1.54, 1.807) is 19.1 Å². The van der Waals surface area contributed by atoms with E-state index in [-0.39, 0.29) is 27.7 Å². The molecule has 1 unspecified atom stereocenters. The molecule has 0 N–H and O–H groups in total. The summed E-state index contributed by atoms with van der Waals surface area (Å²) in [7, 11) is -0.220. The van der Waals surface area contributed by atoms with E-state index in [0.717, 1.165) is 5.56 Å². The number of rotatable bonds is 7. The summed E-state index contributed by atoms with van der Waals surface area (Å²) in [5.74, 6) is 0.481. The van der Waals surface area contributed by atoms with Crippen molar-refractivity contribution in [3.05, 3.63) is 57.6 Å². The Morgan fingerprint density at radius 3 is 1.85 bits per heavy atom. The summed E-state index contributed by atoms with van der Waals surface area (Å²) in [5, 5.41) is 9.64. The van der Waals surface area contributed by atoms with E-state index in [4.69, 9.17) is 14.2 Å². The van der Waals surface area contributed by atoms with Crippen LogP contribution >= 0.6 is 0 Å². The summed E-state index contributed by atoms with van der Waals surface area (Å²) >= 11 is 0. The standard InChI is InChI=1S/C17H19NO7S/c1-11-5-7-13(8-6-11)26(21,22)17(18(19)20)12-9-14(23-2)16(25-4)15(10-12)24-3/h5-10,17H,1-4H3. The van der Waals surface area contributed by atoms with Gasteiger partial charge < -0.3 is 14.2 Å². The topological polar surface area (TPSA) is 105 Å². The summed E-state index contributed by atoms with van der Waals surface area (Å²) in [6.45, 7) is 1.79. The van der Waals surface area contributed by atoms with Crippen LogP contribution in [0.2, 0.25) is 0 Å². The minimum Gasteiger partial charge on any atom is -0.493 e. The lowest BCUT2D eigenvalue weighted by molar-refractivity contribution is -0.502. The molecule has 0 aliphatic rings. The molecule has 8 nitrogen and oxygen atoms in total. The lowest BCUT2D eigenvalue weighted by atomic mass is 10.2. The maximum atomic E-state index is 12.9.